The van der Waals surface area contributed by atoms with Gasteiger partial charge >= 0.3 is 0 Å². The molecule has 2 fully saturated rings. The van der Waals surface area contributed by atoms with Gasteiger partial charge in [0.2, 0.25) is 0 Å². The Kier molecular flexibility index (Phi) is 6.54. The lowest BCUT2D eigenvalue weighted by atomic mass is 9.65. The molecule has 6 aliphatic rings. The maximum atomic E-state index is 14.5. The molecular weight excluding hydrogens is 695 g/mol. The first-order valence-corrected chi connectivity index (χ1v) is 21.2. The fourth-order valence-electron chi connectivity index (χ4n) is 11.9. The minimum Gasteiger partial charge on any atom is -0.308 e. The number of aromatic nitrogens is 1. The number of hydrogen-bond donors (Lipinski definition) is 0. The van der Waals surface area contributed by atoms with Crippen molar-refractivity contribution in [3.63, 3.8) is 0 Å². The van der Waals surface area contributed by atoms with Gasteiger partial charge in [0.05, 0.1) is 16.6 Å². The van der Waals surface area contributed by atoms with Gasteiger partial charge in [-0.2, -0.15) is 0 Å². The summed E-state index contributed by atoms with van der Waals surface area (Å²) < 4.78 is 2.41. The normalized spacial score (nSPS) is 26.7. The zero-order chi connectivity index (χ0) is 38.6. The monoisotopic (exact) mass is 741 g/mol. The van der Waals surface area contributed by atoms with E-state index in [-0.39, 0.29) is 21.7 Å². The zero-order valence-corrected chi connectivity index (χ0v) is 33.4. The summed E-state index contributed by atoms with van der Waals surface area (Å²) in [6.45, 7) is 9.17. The van der Waals surface area contributed by atoms with E-state index in [0.717, 1.165) is 73.5 Å². The maximum absolute atomic E-state index is 14.5. The Hall–Kier alpha value is -5.54. The predicted octanol–water partition coefficient (Wildman–Crippen LogP) is 13.9. The number of ketones is 2. The molecular formula is C54H47NO2. The number of rotatable bonds is 3. The Balaban J connectivity index is 1.09. The maximum Gasteiger partial charge on any atom is 0.169 e. The van der Waals surface area contributed by atoms with Crippen molar-refractivity contribution >= 4 is 49.7 Å². The van der Waals surface area contributed by atoms with E-state index in [1.807, 2.05) is 0 Å². The standard InChI is InChI=1S/C54H47NO2/c1-51-18-22-53(3,23-19-51)49(56)42-30-46-38(28-44(42)51)40-26-37(36-16-14-35(15-17-36)34-12-10-33(11-13-34)32-8-6-5-7-9-32)27-41-39-29-45-43(31-47(39)55(46)48(40)41)50(57)54(4)24-20-52(45,2)21-25-54/h5-17,26-31H,18-25H2,1-4H3. The Labute approximate surface area is 334 Å². The highest BCUT2D eigenvalue weighted by atomic mass is 16.1. The third kappa shape index (κ3) is 4.49. The zero-order valence-electron chi connectivity index (χ0n) is 33.4. The van der Waals surface area contributed by atoms with Gasteiger partial charge in [-0.25, -0.2) is 0 Å². The van der Waals surface area contributed by atoms with Crippen LogP contribution in [0.2, 0.25) is 0 Å². The van der Waals surface area contributed by atoms with E-state index >= 15 is 0 Å². The van der Waals surface area contributed by atoms with Crippen molar-refractivity contribution in [2.45, 2.75) is 89.9 Å². The lowest BCUT2D eigenvalue weighted by Gasteiger charge is -2.38. The third-order valence-corrected chi connectivity index (χ3v) is 16.0. The van der Waals surface area contributed by atoms with E-state index in [1.54, 1.807) is 0 Å². The van der Waals surface area contributed by atoms with Gasteiger partial charge in [0.25, 0.3) is 0 Å². The van der Waals surface area contributed by atoms with Crippen LogP contribution in [0.1, 0.15) is 111 Å². The fraction of sp³-hybridized carbons (Fsp3) is 0.296. The van der Waals surface area contributed by atoms with Crippen LogP contribution in [0, 0.1) is 10.8 Å². The van der Waals surface area contributed by atoms with Crippen molar-refractivity contribution < 1.29 is 9.59 Å². The first-order valence-electron chi connectivity index (χ1n) is 21.2. The first-order chi connectivity index (χ1) is 27.5. The quantitative estimate of drug-likeness (QED) is 0.181. The number of carbonyl (C=O) groups is 2. The third-order valence-electron chi connectivity index (χ3n) is 16.0. The summed E-state index contributed by atoms with van der Waals surface area (Å²) in [6.07, 6.45) is 7.93. The average Bonchev–Trinajstić information content (AvgIpc) is 3.66. The summed E-state index contributed by atoms with van der Waals surface area (Å²) in [5, 5.41) is 4.86. The molecule has 0 spiro atoms. The minimum absolute atomic E-state index is 0.0187. The van der Waals surface area contributed by atoms with Crippen molar-refractivity contribution in [3.8, 4) is 33.4 Å². The summed E-state index contributed by atoms with van der Waals surface area (Å²) in [7, 11) is 0. The molecule has 0 radical (unpaired) electrons. The van der Waals surface area contributed by atoms with Gasteiger partial charge < -0.3 is 4.40 Å². The molecule has 3 heteroatoms. The molecule has 280 valence electrons. The Morgan fingerprint density at radius 2 is 0.737 bits per heavy atom. The van der Waals surface area contributed by atoms with Crippen LogP contribution in [0.5, 0.6) is 0 Å². The van der Waals surface area contributed by atoms with Crippen LogP contribution in [0.4, 0.5) is 0 Å². The minimum atomic E-state index is -0.310. The molecule has 6 aromatic carbocycles. The molecule has 0 N–H and O–H groups in total. The van der Waals surface area contributed by atoms with Crippen molar-refractivity contribution in [1.82, 2.24) is 4.40 Å². The molecule has 0 aliphatic heterocycles. The molecule has 0 atom stereocenters. The van der Waals surface area contributed by atoms with E-state index in [0.29, 0.717) is 11.6 Å². The van der Waals surface area contributed by atoms with Gasteiger partial charge in [0.15, 0.2) is 11.6 Å². The molecule has 2 aromatic heterocycles. The summed E-state index contributed by atoms with van der Waals surface area (Å²) in [4.78, 5) is 29.0. The second-order valence-corrected chi connectivity index (χ2v) is 19.5. The first kappa shape index (κ1) is 33.6. The van der Waals surface area contributed by atoms with Gasteiger partial charge in [-0.15, -0.1) is 0 Å². The molecule has 0 saturated heterocycles. The predicted molar refractivity (Wildman–Crippen MR) is 234 cm³/mol. The number of fused-ring (bicyclic) bond motifs is 10. The van der Waals surface area contributed by atoms with Crippen molar-refractivity contribution in [2.75, 3.05) is 0 Å². The number of Topliss-reactive ketones (excluding diaryl/α,β-unsaturated/α-hetero) is 2. The summed E-state index contributed by atoms with van der Waals surface area (Å²) in [5.41, 5.74) is 14.2. The summed E-state index contributed by atoms with van der Waals surface area (Å²) in [5.74, 6) is 0.615. The molecule has 8 aromatic rings. The average molecular weight is 742 g/mol. The van der Waals surface area contributed by atoms with Crippen molar-refractivity contribution in [1.29, 1.82) is 0 Å². The number of benzene rings is 6. The SMILES string of the molecule is CC12CCC(C)(CC1)c1cc3c4cc(-c5ccc(-c6ccc(-c7ccccc7)cc6)cc5)cc5c6cc7c(cc6n(c3cc1C2=O)c45)C(=O)C1(C)CCC7(C)CC1. The molecule has 0 amide bonds. The van der Waals surface area contributed by atoms with Gasteiger partial charge in [0.1, 0.15) is 0 Å². The lowest BCUT2D eigenvalue weighted by molar-refractivity contribution is 0.0726. The highest BCUT2D eigenvalue weighted by Crippen LogP contribution is 2.57. The van der Waals surface area contributed by atoms with Crippen LogP contribution < -0.4 is 0 Å². The second-order valence-electron chi connectivity index (χ2n) is 19.5. The van der Waals surface area contributed by atoms with Crippen LogP contribution >= 0.6 is 0 Å². The fourth-order valence-corrected chi connectivity index (χ4v) is 11.9. The van der Waals surface area contributed by atoms with Crippen LogP contribution in [0.25, 0.3) is 71.5 Å². The van der Waals surface area contributed by atoms with Crippen LogP contribution in [-0.2, 0) is 10.8 Å². The van der Waals surface area contributed by atoms with Crippen LogP contribution in [0.15, 0.2) is 115 Å². The molecule has 3 nitrogen and oxygen atoms in total. The smallest absolute Gasteiger partial charge is 0.169 e. The topological polar surface area (TPSA) is 38.5 Å². The Morgan fingerprint density at radius 3 is 1.14 bits per heavy atom. The van der Waals surface area contributed by atoms with Crippen molar-refractivity contribution in [2.24, 2.45) is 10.8 Å². The van der Waals surface area contributed by atoms with E-state index in [2.05, 4.69) is 147 Å². The van der Waals surface area contributed by atoms with E-state index < -0.39 is 0 Å². The number of carbonyl (C=O) groups excluding carboxylic acids is 2. The molecule has 2 heterocycles. The molecule has 14 rings (SSSR count). The highest BCUT2D eigenvalue weighted by Gasteiger charge is 2.50. The second kappa shape index (κ2) is 11.1. The van der Waals surface area contributed by atoms with Crippen molar-refractivity contribution in [3.05, 3.63) is 138 Å². The molecule has 2 saturated carbocycles. The van der Waals surface area contributed by atoms with Gasteiger partial charge in [0, 0.05) is 43.5 Å². The summed E-state index contributed by atoms with van der Waals surface area (Å²) in [6, 6.07) is 42.5. The van der Waals surface area contributed by atoms with Gasteiger partial charge in [-0.1, -0.05) is 107 Å². The largest absolute Gasteiger partial charge is 0.308 e. The van der Waals surface area contributed by atoms with E-state index in [9.17, 15) is 9.59 Å². The van der Waals surface area contributed by atoms with Crippen LogP contribution in [-0.4, -0.2) is 16.0 Å². The molecule has 4 bridgehead atoms. The molecule has 6 aliphatic carbocycles. The molecule has 0 unspecified atom stereocenters. The lowest BCUT2D eigenvalue weighted by Crippen LogP contribution is -2.33. The van der Waals surface area contributed by atoms with Gasteiger partial charge in [-0.05, 0) is 143 Å². The number of nitrogens with zero attached hydrogens (tertiary/aromatic N) is 1. The Morgan fingerprint density at radius 1 is 0.386 bits per heavy atom. The summed E-state index contributed by atoms with van der Waals surface area (Å²) >= 11 is 0. The van der Waals surface area contributed by atoms with E-state index in [1.165, 1.54) is 71.6 Å². The number of hydrogen-bond acceptors (Lipinski definition) is 2. The highest BCUT2D eigenvalue weighted by molar-refractivity contribution is 6.26. The van der Waals surface area contributed by atoms with Crippen LogP contribution in [0.3, 0.4) is 0 Å². The van der Waals surface area contributed by atoms with Gasteiger partial charge in [-0.3, -0.25) is 9.59 Å². The molecule has 57 heavy (non-hydrogen) atoms. The van der Waals surface area contributed by atoms with E-state index in [4.69, 9.17) is 0 Å². The Bertz CT molecular complexity index is 2880.